The highest BCUT2D eigenvalue weighted by molar-refractivity contribution is 7.92. The lowest BCUT2D eigenvalue weighted by atomic mass is 10.3. The minimum Gasteiger partial charge on any atom is -0.497 e. The number of benzene rings is 2. The second-order valence-corrected chi connectivity index (χ2v) is 7.00. The van der Waals surface area contributed by atoms with Crippen molar-refractivity contribution in [2.45, 2.75) is 4.90 Å². The number of sulfonamides is 1. The van der Waals surface area contributed by atoms with E-state index in [0.29, 0.717) is 11.4 Å². The summed E-state index contributed by atoms with van der Waals surface area (Å²) in [5, 5.41) is 2.91. The molecule has 0 bridgehead atoms. The van der Waals surface area contributed by atoms with Crippen molar-refractivity contribution in [3.63, 3.8) is 0 Å². The van der Waals surface area contributed by atoms with Gasteiger partial charge in [0.15, 0.2) is 5.82 Å². The van der Waals surface area contributed by atoms with Crippen LogP contribution in [-0.2, 0) is 10.0 Å². The average Bonchev–Trinajstić information content (AvgIpc) is 2.63. The van der Waals surface area contributed by atoms with Gasteiger partial charge in [-0.3, -0.25) is 4.72 Å². The van der Waals surface area contributed by atoms with Crippen LogP contribution in [0.5, 0.6) is 5.75 Å². The molecule has 0 unspecified atom stereocenters. The van der Waals surface area contributed by atoms with E-state index in [1.165, 1.54) is 37.6 Å². The van der Waals surface area contributed by atoms with E-state index >= 15 is 0 Å². The van der Waals surface area contributed by atoms with E-state index in [4.69, 9.17) is 4.74 Å². The monoisotopic (exact) mass is 373 g/mol. The lowest BCUT2D eigenvalue weighted by Crippen LogP contribution is -2.14. The Morgan fingerprint density at radius 1 is 1.04 bits per heavy atom. The first-order chi connectivity index (χ1) is 12.5. The number of aromatic nitrogens is 1. The zero-order valence-electron chi connectivity index (χ0n) is 13.8. The van der Waals surface area contributed by atoms with E-state index in [1.54, 1.807) is 36.4 Å². The minimum absolute atomic E-state index is 0.0823. The van der Waals surface area contributed by atoms with Gasteiger partial charge in [0.1, 0.15) is 11.6 Å². The number of pyridine rings is 1. The summed E-state index contributed by atoms with van der Waals surface area (Å²) in [5.74, 6) is 0.403. The van der Waals surface area contributed by atoms with Crippen LogP contribution in [0, 0.1) is 5.82 Å². The Morgan fingerprint density at radius 3 is 2.50 bits per heavy atom. The summed E-state index contributed by atoms with van der Waals surface area (Å²) in [4.78, 5) is 4.21. The topological polar surface area (TPSA) is 80.3 Å². The predicted molar refractivity (Wildman–Crippen MR) is 97.7 cm³/mol. The summed E-state index contributed by atoms with van der Waals surface area (Å²) in [5.41, 5.74) is 0.696. The van der Waals surface area contributed by atoms with Crippen LogP contribution in [0.15, 0.2) is 71.8 Å². The fourth-order valence-corrected chi connectivity index (χ4v) is 3.32. The average molecular weight is 373 g/mol. The van der Waals surface area contributed by atoms with Gasteiger partial charge in [0, 0.05) is 11.9 Å². The zero-order chi connectivity index (χ0) is 18.6. The Labute approximate surface area is 150 Å². The first-order valence-electron chi connectivity index (χ1n) is 7.62. The van der Waals surface area contributed by atoms with E-state index in [-0.39, 0.29) is 16.4 Å². The van der Waals surface area contributed by atoms with Crippen LogP contribution >= 0.6 is 0 Å². The molecule has 134 valence electrons. The normalized spacial score (nSPS) is 11.0. The van der Waals surface area contributed by atoms with Crippen molar-refractivity contribution in [2.75, 3.05) is 17.1 Å². The van der Waals surface area contributed by atoms with Gasteiger partial charge in [0.2, 0.25) is 0 Å². The minimum atomic E-state index is -3.82. The lowest BCUT2D eigenvalue weighted by molar-refractivity contribution is 0.414. The van der Waals surface area contributed by atoms with Gasteiger partial charge in [-0.2, -0.15) is 0 Å². The largest absolute Gasteiger partial charge is 0.497 e. The van der Waals surface area contributed by atoms with Gasteiger partial charge in [-0.05, 0) is 54.6 Å². The molecule has 1 heterocycles. The van der Waals surface area contributed by atoms with Gasteiger partial charge in [-0.1, -0.05) is 6.07 Å². The number of anilines is 3. The summed E-state index contributed by atoms with van der Waals surface area (Å²) >= 11 is 0. The van der Waals surface area contributed by atoms with E-state index in [2.05, 4.69) is 15.0 Å². The molecule has 0 radical (unpaired) electrons. The molecular formula is C18H16FN3O3S. The number of rotatable bonds is 6. The van der Waals surface area contributed by atoms with Gasteiger partial charge >= 0.3 is 0 Å². The lowest BCUT2D eigenvalue weighted by Gasteiger charge is -2.13. The maximum atomic E-state index is 13.3. The van der Waals surface area contributed by atoms with Crippen LogP contribution in [0.2, 0.25) is 0 Å². The summed E-state index contributed by atoms with van der Waals surface area (Å²) in [6, 6.07) is 15.0. The number of hydrogen-bond donors (Lipinski definition) is 2. The molecule has 0 aliphatic rings. The molecular weight excluding hydrogens is 357 g/mol. The highest BCUT2D eigenvalue weighted by Crippen LogP contribution is 2.26. The van der Waals surface area contributed by atoms with Crippen LogP contribution in [0.1, 0.15) is 0 Å². The molecule has 1 aromatic heterocycles. The third-order valence-corrected chi connectivity index (χ3v) is 4.89. The number of ether oxygens (including phenoxy) is 1. The number of nitrogens with one attached hydrogen (secondary N) is 2. The van der Waals surface area contributed by atoms with Crippen molar-refractivity contribution in [3.8, 4) is 5.75 Å². The molecule has 0 atom stereocenters. The smallest absolute Gasteiger partial charge is 0.262 e. The number of nitrogens with zero attached hydrogens (tertiary/aromatic N) is 1. The first kappa shape index (κ1) is 17.7. The van der Waals surface area contributed by atoms with Crippen molar-refractivity contribution >= 4 is 27.2 Å². The molecule has 2 aromatic carbocycles. The maximum absolute atomic E-state index is 13.3. The van der Waals surface area contributed by atoms with E-state index in [9.17, 15) is 12.8 Å². The van der Waals surface area contributed by atoms with Gasteiger partial charge in [0.05, 0.1) is 17.7 Å². The number of hydrogen-bond acceptors (Lipinski definition) is 5. The number of halogens is 1. The quantitative estimate of drug-likeness (QED) is 0.687. The Bertz CT molecular complexity index is 1010. The molecule has 6 nitrogen and oxygen atoms in total. The summed E-state index contributed by atoms with van der Waals surface area (Å²) in [6.45, 7) is 0. The molecule has 0 amide bonds. The van der Waals surface area contributed by atoms with E-state index < -0.39 is 15.8 Å². The van der Waals surface area contributed by atoms with Crippen LogP contribution in [0.3, 0.4) is 0 Å². The SMILES string of the molecule is COc1ccc(S(=O)(=O)Nc2cccnc2Nc2cccc(F)c2)cc1. The van der Waals surface area contributed by atoms with Crippen molar-refractivity contribution in [3.05, 3.63) is 72.7 Å². The molecule has 0 fully saturated rings. The fraction of sp³-hybridized carbons (Fsp3) is 0.0556. The summed E-state index contributed by atoms with van der Waals surface area (Å²) < 4.78 is 46.0. The highest BCUT2D eigenvalue weighted by Gasteiger charge is 2.16. The van der Waals surface area contributed by atoms with Crippen LogP contribution in [0.4, 0.5) is 21.6 Å². The van der Waals surface area contributed by atoms with Crippen LogP contribution in [0.25, 0.3) is 0 Å². The third kappa shape index (κ3) is 4.09. The summed E-state index contributed by atoms with van der Waals surface area (Å²) in [6.07, 6.45) is 1.51. The third-order valence-electron chi connectivity index (χ3n) is 3.51. The van der Waals surface area contributed by atoms with E-state index in [0.717, 1.165) is 0 Å². The molecule has 0 aliphatic carbocycles. The Balaban J connectivity index is 1.87. The molecule has 3 aromatic rings. The standard InChI is InChI=1S/C18H16FN3O3S/c1-25-15-7-9-16(10-8-15)26(23,24)22-17-6-3-11-20-18(17)21-14-5-2-4-13(19)12-14/h2-12,22H,1H3,(H,20,21). The molecule has 3 rings (SSSR count). The fourth-order valence-electron chi connectivity index (χ4n) is 2.25. The van der Waals surface area contributed by atoms with Crippen molar-refractivity contribution < 1.29 is 17.5 Å². The van der Waals surface area contributed by atoms with Crippen LogP contribution < -0.4 is 14.8 Å². The van der Waals surface area contributed by atoms with Crippen LogP contribution in [-0.4, -0.2) is 20.5 Å². The molecule has 8 heteroatoms. The molecule has 0 aliphatic heterocycles. The number of methoxy groups -OCH3 is 1. The highest BCUT2D eigenvalue weighted by atomic mass is 32.2. The van der Waals surface area contributed by atoms with E-state index in [1.807, 2.05) is 0 Å². The molecule has 0 saturated heterocycles. The van der Waals surface area contributed by atoms with Gasteiger partial charge in [-0.25, -0.2) is 17.8 Å². The Hall–Kier alpha value is -3.13. The van der Waals surface area contributed by atoms with Gasteiger partial charge in [0.25, 0.3) is 10.0 Å². The molecule has 2 N–H and O–H groups in total. The maximum Gasteiger partial charge on any atom is 0.262 e. The van der Waals surface area contributed by atoms with Gasteiger partial charge in [-0.15, -0.1) is 0 Å². The molecule has 0 saturated carbocycles. The predicted octanol–water partition coefficient (Wildman–Crippen LogP) is 3.77. The second kappa shape index (κ2) is 7.40. The zero-order valence-corrected chi connectivity index (χ0v) is 14.6. The first-order valence-corrected chi connectivity index (χ1v) is 9.11. The van der Waals surface area contributed by atoms with Crippen molar-refractivity contribution in [1.82, 2.24) is 4.98 Å². The van der Waals surface area contributed by atoms with Gasteiger partial charge < -0.3 is 10.1 Å². The molecule has 0 spiro atoms. The van der Waals surface area contributed by atoms with Crippen molar-refractivity contribution in [2.24, 2.45) is 0 Å². The van der Waals surface area contributed by atoms with Crippen molar-refractivity contribution in [1.29, 1.82) is 0 Å². The Kier molecular flexibility index (Phi) is 5.04. The summed E-state index contributed by atoms with van der Waals surface area (Å²) in [7, 11) is -2.32. The Morgan fingerprint density at radius 2 is 1.81 bits per heavy atom. The molecule has 26 heavy (non-hydrogen) atoms. The second-order valence-electron chi connectivity index (χ2n) is 5.32.